The second-order valence-electron chi connectivity index (χ2n) is 3.76. The summed E-state index contributed by atoms with van der Waals surface area (Å²) in [6.07, 6.45) is 1.74. The lowest BCUT2D eigenvalue weighted by molar-refractivity contribution is 0.122. The van der Waals surface area contributed by atoms with Crippen molar-refractivity contribution < 1.29 is 9.15 Å². The minimum Gasteiger partial charge on any atom is -0.444 e. The summed E-state index contributed by atoms with van der Waals surface area (Å²) in [5.74, 6) is 1.58. The van der Waals surface area contributed by atoms with E-state index in [1.165, 1.54) is 0 Å². The highest BCUT2D eigenvalue weighted by molar-refractivity contribution is 4.95. The van der Waals surface area contributed by atoms with Gasteiger partial charge in [0.15, 0.2) is 0 Å². The number of nitrogens with one attached hydrogen (secondary N) is 1. The van der Waals surface area contributed by atoms with Crippen LogP contribution >= 0.6 is 0 Å². The second-order valence-corrected chi connectivity index (χ2v) is 3.76. The Bertz CT molecular complexity index is 286. The third-order valence-electron chi connectivity index (χ3n) is 2.12. The number of aromatic nitrogens is 1. The smallest absolute Gasteiger partial charge is 0.211 e. The lowest BCUT2D eigenvalue weighted by Gasteiger charge is -2.17. The fourth-order valence-electron chi connectivity index (χ4n) is 1.41. The average molecular weight is 212 g/mol. The van der Waals surface area contributed by atoms with Crippen molar-refractivity contribution in [2.45, 2.75) is 39.8 Å². The number of rotatable bonds is 6. The molecule has 1 aromatic rings. The van der Waals surface area contributed by atoms with E-state index in [9.17, 15) is 0 Å². The molecule has 0 aliphatic rings. The van der Waals surface area contributed by atoms with E-state index in [0.717, 1.165) is 18.3 Å². The molecular formula is C11H20N2O2. The molecule has 1 rings (SSSR count). The zero-order valence-electron chi connectivity index (χ0n) is 9.91. The summed E-state index contributed by atoms with van der Waals surface area (Å²) in [7, 11) is 0. The van der Waals surface area contributed by atoms with Gasteiger partial charge in [0.25, 0.3) is 0 Å². The summed E-state index contributed by atoms with van der Waals surface area (Å²) in [4.78, 5) is 4.18. The summed E-state index contributed by atoms with van der Waals surface area (Å²) in [6, 6.07) is 0.418. The highest BCUT2D eigenvalue weighted by Gasteiger charge is 2.13. The van der Waals surface area contributed by atoms with Gasteiger partial charge >= 0.3 is 0 Å². The monoisotopic (exact) mass is 212 g/mol. The Kier molecular flexibility index (Phi) is 4.78. The molecule has 1 heterocycles. The predicted octanol–water partition coefficient (Wildman–Crippen LogP) is 2.06. The molecule has 15 heavy (non-hydrogen) atoms. The van der Waals surface area contributed by atoms with Crippen molar-refractivity contribution >= 4 is 0 Å². The number of hydrogen-bond acceptors (Lipinski definition) is 4. The van der Waals surface area contributed by atoms with Gasteiger partial charge in [-0.3, -0.25) is 0 Å². The lowest BCUT2D eigenvalue weighted by atomic mass is 10.2. The van der Waals surface area contributed by atoms with Gasteiger partial charge < -0.3 is 14.5 Å². The van der Waals surface area contributed by atoms with E-state index in [-0.39, 0.29) is 6.04 Å². The standard InChI is InChI=1S/C11H20N2O2/c1-5-14-7-8(2)13-10(4)11-12-6-9(3)15-11/h6,8,10,13H,5,7H2,1-4H3. The van der Waals surface area contributed by atoms with Crippen molar-refractivity contribution in [1.29, 1.82) is 0 Å². The van der Waals surface area contributed by atoms with Crippen LogP contribution in [0.5, 0.6) is 0 Å². The molecule has 0 spiro atoms. The number of ether oxygens (including phenoxy) is 1. The van der Waals surface area contributed by atoms with E-state index in [0.29, 0.717) is 12.6 Å². The molecule has 0 bridgehead atoms. The molecular weight excluding hydrogens is 192 g/mol. The van der Waals surface area contributed by atoms with Crippen molar-refractivity contribution in [2.24, 2.45) is 0 Å². The van der Waals surface area contributed by atoms with E-state index < -0.39 is 0 Å². The zero-order valence-corrected chi connectivity index (χ0v) is 9.91. The van der Waals surface area contributed by atoms with Crippen LogP contribution in [0.25, 0.3) is 0 Å². The van der Waals surface area contributed by atoms with Crippen LogP contribution in [-0.4, -0.2) is 24.2 Å². The van der Waals surface area contributed by atoms with Gasteiger partial charge in [0, 0.05) is 12.6 Å². The first kappa shape index (κ1) is 12.2. The first-order valence-electron chi connectivity index (χ1n) is 5.39. The fourth-order valence-corrected chi connectivity index (χ4v) is 1.41. The number of oxazole rings is 1. The summed E-state index contributed by atoms with van der Waals surface area (Å²) < 4.78 is 10.8. The molecule has 0 aliphatic heterocycles. The first-order chi connectivity index (χ1) is 7.13. The minimum absolute atomic E-state index is 0.120. The Hall–Kier alpha value is -0.870. The van der Waals surface area contributed by atoms with Crippen LogP contribution in [0.15, 0.2) is 10.6 Å². The molecule has 4 heteroatoms. The Morgan fingerprint density at radius 3 is 2.80 bits per heavy atom. The van der Waals surface area contributed by atoms with Gasteiger partial charge in [-0.2, -0.15) is 0 Å². The molecule has 0 radical (unpaired) electrons. The maximum Gasteiger partial charge on any atom is 0.211 e. The predicted molar refractivity (Wildman–Crippen MR) is 58.7 cm³/mol. The van der Waals surface area contributed by atoms with Gasteiger partial charge in [0.05, 0.1) is 18.8 Å². The topological polar surface area (TPSA) is 47.3 Å². The van der Waals surface area contributed by atoms with E-state index in [1.807, 2.05) is 20.8 Å². The lowest BCUT2D eigenvalue weighted by Crippen LogP contribution is -2.33. The SMILES string of the molecule is CCOCC(C)NC(C)c1ncc(C)o1. The molecule has 2 atom stereocenters. The van der Waals surface area contributed by atoms with Gasteiger partial charge in [-0.1, -0.05) is 0 Å². The van der Waals surface area contributed by atoms with Crippen molar-refractivity contribution in [1.82, 2.24) is 10.3 Å². The second kappa shape index (κ2) is 5.88. The molecule has 0 aromatic carbocycles. The number of nitrogens with zero attached hydrogens (tertiary/aromatic N) is 1. The Labute approximate surface area is 91.0 Å². The van der Waals surface area contributed by atoms with Gasteiger partial charge in [0.1, 0.15) is 5.76 Å². The third-order valence-corrected chi connectivity index (χ3v) is 2.12. The highest BCUT2D eigenvalue weighted by Crippen LogP contribution is 2.12. The van der Waals surface area contributed by atoms with E-state index in [1.54, 1.807) is 6.20 Å². The zero-order chi connectivity index (χ0) is 11.3. The van der Waals surface area contributed by atoms with Crippen molar-refractivity contribution in [3.05, 3.63) is 17.8 Å². The Morgan fingerprint density at radius 1 is 1.53 bits per heavy atom. The molecule has 4 nitrogen and oxygen atoms in total. The fraction of sp³-hybridized carbons (Fsp3) is 0.727. The summed E-state index contributed by atoms with van der Waals surface area (Å²) in [5, 5.41) is 3.36. The summed E-state index contributed by atoms with van der Waals surface area (Å²) in [5.41, 5.74) is 0. The molecule has 0 saturated heterocycles. The third kappa shape index (κ3) is 4.01. The Balaban J connectivity index is 2.38. The molecule has 0 aliphatic carbocycles. The van der Waals surface area contributed by atoms with Crippen LogP contribution in [0.3, 0.4) is 0 Å². The van der Waals surface area contributed by atoms with Gasteiger partial charge in [-0.15, -0.1) is 0 Å². The van der Waals surface area contributed by atoms with Gasteiger partial charge in [-0.05, 0) is 27.7 Å². The van der Waals surface area contributed by atoms with Gasteiger partial charge in [-0.25, -0.2) is 4.98 Å². The maximum atomic E-state index is 5.44. The van der Waals surface area contributed by atoms with Crippen LogP contribution in [0.1, 0.15) is 38.5 Å². The van der Waals surface area contributed by atoms with E-state index in [2.05, 4.69) is 17.2 Å². The maximum absolute atomic E-state index is 5.44. The first-order valence-corrected chi connectivity index (χ1v) is 5.39. The van der Waals surface area contributed by atoms with Crippen LogP contribution in [0.2, 0.25) is 0 Å². The molecule has 0 amide bonds. The molecule has 1 aromatic heterocycles. The van der Waals surface area contributed by atoms with Crippen molar-refractivity contribution in [3.63, 3.8) is 0 Å². The van der Waals surface area contributed by atoms with Gasteiger partial charge in [0.2, 0.25) is 5.89 Å². The van der Waals surface area contributed by atoms with Crippen LogP contribution < -0.4 is 5.32 Å². The molecule has 0 saturated carbocycles. The summed E-state index contributed by atoms with van der Waals surface area (Å²) >= 11 is 0. The summed E-state index contributed by atoms with van der Waals surface area (Å²) in [6.45, 7) is 9.47. The van der Waals surface area contributed by atoms with Crippen molar-refractivity contribution in [3.8, 4) is 0 Å². The molecule has 2 unspecified atom stereocenters. The normalized spacial score (nSPS) is 15.2. The van der Waals surface area contributed by atoms with Crippen molar-refractivity contribution in [2.75, 3.05) is 13.2 Å². The largest absolute Gasteiger partial charge is 0.444 e. The quantitative estimate of drug-likeness (QED) is 0.784. The van der Waals surface area contributed by atoms with Crippen LogP contribution in [0, 0.1) is 6.92 Å². The minimum atomic E-state index is 0.120. The number of aryl methyl sites for hydroxylation is 1. The van der Waals surface area contributed by atoms with E-state index in [4.69, 9.17) is 9.15 Å². The van der Waals surface area contributed by atoms with Crippen LogP contribution in [0.4, 0.5) is 0 Å². The highest BCUT2D eigenvalue weighted by atomic mass is 16.5. The molecule has 86 valence electrons. The van der Waals surface area contributed by atoms with E-state index >= 15 is 0 Å². The molecule has 1 N–H and O–H groups in total. The average Bonchev–Trinajstić information content (AvgIpc) is 2.61. The van der Waals surface area contributed by atoms with Crippen LogP contribution in [-0.2, 0) is 4.74 Å². The Morgan fingerprint density at radius 2 is 2.27 bits per heavy atom. The molecule has 0 fully saturated rings. The number of hydrogen-bond donors (Lipinski definition) is 1.